The van der Waals surface area contributed by atoms with E-state index in [1.807, 2.05) is 35.1 Å². The van der Waals surface area contributed by atoms with Crippen molar-refractivity contribution >= 4 is 20.9 Å². The molecule has 1 aliphatic heterocycles. The van der Waals surface area contributed by atoms with E-state index in [4.69, 9.17) is 0 Å². The van der Waals surface area contributed by atoms with Gasteiger partial charge in [-0.25, -0.2) is 13.1 Å². The largest absolute Gasteiger partial charge is 0.303 e. The number of benzene rings is 1. The predicted octanol–water partition coefficient (Wildman–Crippen LogP) is 2.51. The lowest BCUT2D eigenvalue weighted by atomic mass is 9.98. The topological polar surface area (TPSA) is 80.1 Å². The summed E-state index contributed by atoms with van der Waals surface area (Å²) >= 11 is 0. The van der Waals surface area contributed by atoms with Gasteiger partial charge in [-0.1, -0.05) is 18.2 Å². The first-order chi connectivity index (χ1) is 14.1. The van der Waals surface area contributed by atoms with Crippen LogP contribution in [0.4, 0.5) is 0 Å². The molecule has 0 spiro atoms. The number of aryl methyl sites for hydroxylation is 1. The lowest BCUT2D eigenvalue weighted by molar-refractivity contribution is 0.171. The van der Waals surface area contributed by atoms with Crippen molar-refractivity contribution in [2.24, 2.45) is 5.92 Å². The highest BCUT2D eigenvalue weighted by molar-refractivity contribution is 7.89. The molecule has 0 saturated carbocycles. The van der Waals surface area contributed by atoms with Gasteiger partial charge in [-0.05, 0) is 56.5 Å². The molecule has 1 fully saturated rings. The van der Waals surface area contributed by atoms with E-state index >= 15 is 0 Å². The van der Waals surface area contributed by atoms with E-state index in [2.05, 4.69) is 19.7 Å². The van der Waals surface area contributed by atoms with Crippen LogP contribution in [0.5, 0.6) is 0 Å². The van der Waals surface area contributed by atoms with Crippen LogP contribution in [0.15, 0.2) is 59.9 Å². The molecular formula is C21H27N5O2S. The molecule has 0 amide bonds. The Morgan fingerprint density at radius 1 is 1.10 bits per heavy atom. The smallest absolute Gasteiger partial charge is 0.242 e. The van der Waals surface area contributed by atoms with Crippen LogP contribution in [-0.4, -0.2) is 54.3 Å². The van der Waals surface area contributed by atoms with Gasteiger partial charge in [0.15, 0.2) is 0 Å². The van der Waals surface area contributed by atoms with Crippen LogP contribution in [0.3, 0.4) is 0 Å². The Labute approximate surface area is 171 Å². The fraction of sp³-hybridized carbons (Fsp3) is 0.429. The molecule has 1 saturated heterocycles. The summed E-state index contributed by atoms with van der Waals surface area (Å²) in [6, 6.07) is 10.9. The number of fused-ring (bicyclic) bond motifs is 1. The Hall–Kier alpha value is -2.29. The van der Waals surface area contributed by atoms with Crippen LogP contribution >= 0.6 is 0 Å². The fourth-order valence-corrected chi connectivity index (χ4v) is 5.30. The summed E-state index contributed by atoms with van der Waals surface area (Å²) < 4.78 is 30.6. The third kappa shape index (κ3) is 5.01. The maximum atomic E-state index is 12.9. The molecule has 0 aliphatic carbocycles. The predicted molar refractivity (Wildman–Crippen MR) is 113 cm³/mol. The van der Waals surface area contributed by atoms with Crippen LogP contribution in [0.1, 0.15) is 19.3 Å². The van der Waals surface area contributed by atoms with Gasteiger partial charge >= 0.3 is 0 Å². The number of nitrogens with zero attached hydrogens (tertiary/aromatic N) is 4. The second-order valence-corrected chi connectivity index (χ2v) is 9.35. The van der Waals surface area contributed by atoms with E-state index in [-0.39, 0.29) is 4.90 Å². The first-order valence-electron chi connectivity index (χ1n) is 10.1. The van der Waals surface area contributed by atoms with Gasteiger partial charge in [0.2, 0.25) is 10.0 Å². The molecule has 1 aromatic carbocycles. The van der Waals surface area contributed by atoms with Crippen LogP contribution in [-0.2, 0) is 16.6 Å². The highest BCUT2D eigenvalue weighted by Crippen LogP contribution is 2.21. The maximum Gasteiger partial charge on any atom is 0.242 e. The van der Waals surface area contributed by atoms with Crippen LogP contribution in [0, 0.1) is 5.92 Å². The van der Waals surface area contributed by atoms with Crippen LogP contribution in [0.25, 0.3) is 10.9 Å². The first-order valence-corrected chi connectivity index (χ1v) is 11.6. The van der Waals surface area contributed by atoms with Crippen molar-refractivity contribution in [3.05, 3.63) is 55.0 Å². The van der Waals surface area contributed by atoms with E-state index in [9.17, 15) is 8.42 Å². The lowest BCUT2D eigenvalue weighted by Crippen LogP contribution is -2.41. The van der Waals surface area contributed by atoms with Crippen molar-refractivity contribution < 1.29 is 8.42 Å². The fourth-order valence-electron chi connectivity index (χ4n) is 4.01. The number of likely N-dealkylation sites (tertiary alicyclic amines) is 1. The number of hydrogen-bond acceptors (Lipinski definition) is 5. The zero-order chi connectivity index (χ0) is 20.1. The van der Waals surface area contributed by atoms with E-state index in [0.717, 1.165) is 50.8 Å². The minimum atomic E-state index is -3.59. The monoisotopic (exact) mass is 413 g/mol. The zero-order valence-electron chi connectivity index (χ0n) is 16.4. The molecule has 0 radical (unpaired) electrons. The van der Waals surface area contributed by atoms with Gasteiger partial charge in [-0.3, -0.25) is 9.67 Å². The molecule has 4 rings (SSSR count). The van der Waals surface area contributed by atoms with Gasteiger partial charge in [-0.2, -0.15) is 5.10 Å². The quantitative estimate of drug-likeness (QED) is 0.614. The highest BCUT2D eigenvalue weighted by atomic mass is 32.2. The van der Waals surface area contributed by atoms with Gasteiger partial charge in [0.05, 0.1) is 5.52 Å². The van der Waals surface area contributed by atoms with E-state index in [1.54, 1.807) is 24.5 Å². The van der Waals surface area contributed by atoms with Crippen molar-refractivity contribution in [1.82, 2.24) is 24.4 Å². The van der Waals surface area contributed by atoms with Crippen molar-refractivity contribution in [3.63, 3.8) is 0 Å². The Morgan fingerprint density at radius 3 is 2.86 bits per heavy atom. The number of aromatic nitrogens is 3. The summed E-state index contributed by atoms with van der Waals surface area (Å²) in [4.78, 5) is 6.96. The summed E-state index contributed by atoms with van der Waals surface area (Å²) in [5.41, 5.74) is 0.520. The molecular weight excluding hydrogens is 386 g/mol. The Morgan fingerprint density at radius 2 is 2.00 bits per heavy atom. The minimum absolute atomic E-state index is 0.252. The standard InChI is InChI=1S/C21H27N5O2S/c27-29(28,20-9-1-7-19-8-2-10-22-21(19)20)24-16-18-6-3-12-25(17-18)13-5-15-26-14-4-11-23-26/h1-2,4,7-11,14,18,24H,3,5-6,12-13,15-17H2. The molecule has 8 heteroatoms. The molecule has 154 valence electrons. The van der Waals surface area contributed by atoms with Crippen molar-refractivity contribution in [2.45, 2.75) is 30.7 Å². The summed E-state index contributed by atoms with van der Waals surface area (Å²) in [6.45, 7) is 4.39. The average molecular weight is 414 g/mol. The van der Waals surface area contributed by atoms with Gasteiger partial charge < -0.3 is 4.90 Å². The van der Waals surface area contributed by atoms with Crippen LogP contribution < -0.4 is 4.72 Å². The van der Waals surface area contributed by atoms with Gasteiger partial charge in [0.1, 0.15) is 4.90 Å². The Kier molecular flexibility index (Phi) is 6.22. The van der Waals surface area contributed by atoms with Gasteiger partial charge in [-0.15, -0.1) is 0 Å². The lowest BCUT2D eigenvalue weighted by Gasteiger charge is -2.32. The zero-order valence-corrected chi connectivity index (χ0v) is 17.3. The normalized spacial score (nSPS) is 18.3. The van der Waals surface area contributed by atoms with E-state index in [1.165, 1.54) is 0 Å². The molecule has 3 heterocycles. The number of hydrogen-bond donors (Lipinski definition) is 1. The molecule has 3 aromatic rings. The second-order valence-electron chi connectivity index (χ2n) is 7.61. The van der Waals surface area contributed by atoms with Crippen molar-refractivity contribution in [3.8, 4) is 0 Å². The summed E-state index contributed by atoms with van der Waals surface area (Å²) in [6.07, 6.45) is 8.60. The van der Waals surface area contributed by atoms with Gasteiger partial charge in [0, 0.05) is 43.6 Å². The van der Waals surface area contributed by atoms with E-state index < -0.39 is 10.0 Å². The number of piperidine rings is 1. The molecule has 0 bridgehead atoms. The Bertz CT molecular complexity index is 1030. The second kappa shape index (κ2) is 9.02. The first kappa shape index (κ1) is 20.0. The SMILES string of the molecule is O=S(=O)(NCC1CCCN(CCCn2cccn2)C1)c1cccc2cccnc12. The third-order valence-electron chi connectivity index (χ3n) is 5.47. The third-order valence-corrected chi connectivity index (χ3v) is 6.93. The Balaban J connectivity index is 1.33. The average Bonchev–Trinajstić information content (AvgIpc) is 3.26. The van der Waals surface area contributed by atoms with E-state index in [0.29, 0.717) is 18.0 Å². The number of pyridine rings is 1. The number of rotatable bonds is 8. The summed E-state index contributed by atoms with van der Waals surface area (Å²) in [5, 5.41) is 5.07. The molecule has 1 aliphatic rings. The maximum absolute atomic E-state index is 12.9. The molecule has 1 N–H and O–H groups in total. The molecule has 2 aromatic heterocycles. The molecule has 1 unspecified atom stereocenters. The molecule has 29 heavy (non-hydrogen) atoms. The summed E-state index contributed by atoms with van der Waals surface area (Å²) in [5.74, 6) is 0.325. The summed E-state index contributed by atoms with van der Waals surface area (Å²) in [7, 11) is -3.59. The van der Waals surface area contributed by atoms with Crippen molar-refractivity contribution in [1.29, 1.82) is 0 Å². The molecule has 1 atom stereocenters. The molecule has 7 nitrogen and oxygen atoms in total. The highest BCUT2D eigenvalue weighted by Gasteiger charge is 2.23. The number of nitrogens with one attached hydrogen (secondary N) is 1. The van der Waals surface area contributed by atoms with Crippen LogP contribution in [0.2, 0.25) is 0 Å². The van der Waals surface area contributed by atoms with Crippen molar-refractivity contribution in [2.75, 3.05) is 26.2 Å². The van der Waals surface area contributed by atoms with Gasteiger partial charge in [0.25, 0.3) is 0 Å². The number of sulfonamides is 1. The number of para-hydroxylation sites is 1. The minimum Gasteiger partial charge on any atom is -0.303 e.